The van der Waals surface area contributed by atoms with Crippen molar-refractivity contribution in [3.63, 3.8) is 0 Å². The van der Waals surface area contributed by atoms with Gasteiger partial charge in [0.05, 0.1) is 11.6 Å². The predicted octanol–water partition coefficient (Wildman–Crippen LogP) is 4.50. The summed E-state index contributed by atoms with van der Waals surface area (Å²) in [6, 6.07) is 8.01. The van der Waals surface area contributed by atoms with Crippen molar-refractivity contribution in [2.75, 3.05) is 11.9 Å². The normalized spacial score (nSPS) is 11.9. The molecule has 2 heteroatoms. The topological polar surface area (TPSA) is 35.8 Å². The van der Waals surface area contributed by atoms with Crippen LogP contribution in [0.15, 0.2) is 18.2 Å². The zero-order valence-electron chi connectivity index (χ0n) is 11.8. The van der Waals surface area contributed by atoms with Gasteiger partial charge in [0, 0.05) is 12.2 Å². The average Bonchev–Trinajstić information content (AvgIpc) is 2.40. The smallest absolute Gasteiger partial charge is 0.0992 e. The Morgan fingerprint density at radius 1 is 1.33 bits per heavy atom. The van der Waals surface area contributed by atoms with Crippen molar-refractivity contribution in [3.05, 3.63) is 29.3 Å². The van der Waals surface area contributed by atoms with E-state index in [2.05, 4.69) is 32.2 Å². The van der Waals surface area contributed by atoms with Crippen molar-refractivity contribution in [2.45, 2.75) is 46.5 Å². The first-order valence-electron chi connectivity index (χ1n) is 6.95. The first-order chi connectivity index (χ1) is 8.71. The lowest BCUT2D eigenvalue weighted by atomic mass is 9.99. The molecule has 0 heterocycles. The summed E-state index contributed by atoms with van der Waals surface area (Å²) in [6.45, 7) is 7.57. The molecular weight excluding hydrogens is 220 g/mol. The molecule has 0 bridgehead atoms. The third-order valence-corrected chi connectivity index (χ3v) is 3.49. The van der Waals surface area contributed by atoms with Gasteiger partial charge < -0.3 is 5.32 Å². The van der Waals surface area contributed by atoms with Gasteiger partial charge in [0.25, 0.3) is 0 Å². The molecule has 2 nitrogen and oxygen atoms in total. The lowest BCUT2D eigenvalue weighted by Gasteiger charge is -2.17. The summed E-state index contributed by atoms with van der Waals surface area (Å²) in [5.74, 6) is 0.732. The van der Waals surface area contributed by atoms with Crippen molar-refractivity contribution in [2.24, 2.45) is 5.92 Å². The molecule has 0 saturated heterocycles. The van der Waals surface area contributed by atoms with Gasteiger partial charge in [0.15, 0.2) is 0 Å². The number of nitriles is 1. The fourth-order valence-corrected chi connectivity index (χ4v) is 2.08. The number of unbranched alkanes of at least 4 members (excludes halogenated alkanes) is 1. The molecule has 0 aromatic heterocycles. The molecule has 0 spiro atoms. The molecule has 0 saturated carbocycles. The largest absolute Gasteiger partial charge is 0.385 e. The van der Waals surface area contributed by atoms with Gasteiger partial charge in [-0.2, -0.15) is 5.26 Å². The number of aryl methyl sites for hydroxylation is 1. The number of hydrogen-bond donors (Lipinski definition) is 1. The zero-order chi connectivity index (χ0) is 13.4. The van der Waals surface area contributed by atoms with Gasteiger partial charge in [-0.25, -0.2) is 0 Å². The predicted molar refractivity (Wildman–Crippen MR) is 77.7 cm³/mol. The fourth-order valence-electron chi connectivity index (χ4n) is 2.08. The second-order valence-electron chi connectivity index (χ2n) is 4.94. The summed E-state index contributed by atoms with van der Waals surface area (Å²) in [5, 5.41) is 12.4. The molecule has 1 aromatic rings. The minimum absolute atomic E-state index is 0.727. The van der Waals surface area contributed by atoms with Gasteiger partial charge in [0.2, 0.25) is 0 Å². The Labute approximate surface area is 111 Å². The maximum atomic E-state index is 8.91. The van der Waals surface area contributed by atoms with Crippen LogP contribution in [0, 0.1) is 24.2 Å². The average molecular weight is 244 g/mol. The second kappa shape index (κ2) is 7.76. The van der Waals surface area contributed by atoms with Gasteiger partial charge in [-0.05, 0) is 37.0 Å². The highest BCUT2D eigenvalue weighted by Crippen LogP contribution is 2.19. The summed E-state index contributed by atoms with van der Waals surface area (Å²) in [4.78, 5) is 0. The van der Waals surface area contributed by atoms with Crippen LogP contribution >= 0.6 is 0 Å². The minimum Gasteiger partial charge on any atom is -0.385 e. The van der Waals surface area contributed by atoms with E-state index in [1.54, 1.807) is 0 Å². The Bertz CT molecular complexity index is 404. The SMILES string of the molecule is CCCCC(CC)CNc1cc(C#N)ccc1C. The highest BCUT2D eigenvalue weighted by atomic mass is 14.9. The van der Waals surface area contributed by atoms with Crippen LogP contribution in [-0.4, -0.2) is 6.54 Å². The molecule has 1 N–H and O–H groups in total. The van der Waals surface area contributed by atoms with E-state index in [-0.39, 0.29) is 0 Å². The molecule has 0 amide bonds. The summed E-state index contributed by atoms with van der Waals surface area (Å²) < 4.78 is 0. The molecular formula is C16H24N2. The van der Waals surface area contributed by atoms with Crippen molar-refractivity contribution < 1.29 is 0 Å². The van der Waals surface area contributed by atoms with E-state index in [9.17, 15) is 0 Å². The second-order valence-corrected chi connectivity index (χ2v) is 4.94. The molecule has 98 valence electrons. The van der Waals surface area contributed by atoms with Crippen molar-refractivity contribution in [1.82, 2.24) is 0 Å². The van der Waals surface area contributed by atoms with Crippen LogP contribution in [0.2, 0.25) is 0 Å². The van der Waals surface area contributed by atoms with Gasteiger partial charge in [-0.15, -0.1) is 0 Å². The van der Waals surface area contributed by atoms with E-state index in [1.165, 1.54) is 31.2 Å². The van der Waals surface area contributed by atoms with Gasteiger partial charge in [0.1, 0.15) is 0 Å². The number of anilines is 1. The van der Waals surface area contributed by atoms with Gasteiger partial charge in [-0.1, -0.05) is 39.2 Å². The van der Waals surface area contributed by atoms with E-state index in [4.69, 9.17) is 5.26 Å². The van der Waals surface area contributed by atoms with Crippen molar-refractivity contribution in [1.29, 1.82) is 5.26 Å². The van der Waals surface area contributed by atoms with Crippen LogP contribution in [0.1, 0.15) is 50.7 Å². The standard InChI is InChI=1S/C16H24N2/c1-4-6-7-14(5-2)12-18-16-10-15(11-17)9-8-13(16)3/h8-10,14,18H,4-7,12H2,1-3H3. The molecule has 1 atom stereocenters. The Morgan fingerprint density at radius 3 is 2.72 bits per heavy atom. The van der Waals surface area contributed by atoms with Crippen LogP contribution in [0.5, 0.6) is 0 Å². The first-order valence-corrected chi connectivity index (χ1v) is 6.95. The van der Waals surface area contributed by atoms with E-state index in [0.717, 1.165) is 23.7 Å². The highest BCUT2D eigenvalue weighted by molar-refractivity contribution is 5.55. The quantitative estimate of drug-likeness (QED) is 0.766. The van der Waals surface area contributed by atoms with Crippen molar-refractivity contribution >= 4 is 5.69 Å². The number of hydrogen-bond acceptors (Lipinski definition) is 2. The third-order valence-electron chi connectivity index (χ3n) is 3.49. The lowest BCUT2D eigenvalue weighted by molar-refractivity contribution is 0.472. The molecule has 0 fully saturated rings. The van der Waals surface area contributed by atoms with Crippen molar-refractivity contribution in [3.8, 4) is 6.07 Å². The summed E-state index contributed by atoms with van der Waals surface area (Å²) in [7, 11) is 0. The van der Waals surface area contributed by atoms with Gasteiger partial charge >= 0.3 is 0 Å². The van der Waals surface area contributed by atoms with Crippen LogP contribution in [0.3, 0.4) is 0 Å². The third kappa shape index (κ3) is 4.41. The highest BCUT2D eigenvalue weighted by Gasteiger charge is 2.07. The number of rotatable bonds is 7. The Balaban J connectivity index is 2.59. The summed E-state index contributed by atoms with van der Waals surface area (Å²) in [5.41, 5.74) is 3.04. The molecule has 0 aliphatic heterocycles. The monoisotopic (exact) mass is 244 g/mol. The van der Waals surface area contributed by atoms with E-state index in [1.807, 2.05) is 18.2 Å². The Hall–Kier alpha value is -1.49. The van der Waals surface area contributed by atoms with Crippen LogP contribution in [0.4, 0.5) is 5.69 Å². The maximum Gasteiger partial charge on any atom is 0.0992 e. The molecule has 18 heavy (non-hydrogen) atoms. The fraction of sp³-hybridized carbons (Fsp3) is 0.562. The number of benzene rings is 1. The summed E-state index contributed by atoms with van der Waals surface area (Å²) >= 11 is 0. The molecule has 1 aromatic carbocycles. The molecule has 1 rings (SSSR count). The molecule has 0 aliphatic carbocycles. The number of nitrogens with zero attached hydrogens (tertiary/aromatic N) is 1. The lowest BCUT2D eigenvalue weighted by Crippen LogP contribution is -2.14. The zero-order valence-corrected chi connectivity index (χ0v) is 11.8. The first kappa shape index (κ1) is 14.6. The Kier molecular flexibility index (Phi) is 6.28. The maximum absolute atomic E-state index is 8.91. The van der Waals surface area contributed by atoms with E-state index < -0.39 is 0 Å². The summed E-state index contributed by atoms with van der Waals surface area (Å²) in [6.07, 6.45) is 5.07. The van der Waals surface area contributed by atoms with Crippen LogP contribution in [0.25, 0.3) is 0 Å². The van der Waals surface area contributed by atoms with Gasteiger partial charge in [-0.3, -0.25) is 0 Å². The van der Waals surface area contributed by atoms with E-state index >= 15 is 0 Å². The minimum atomic E-state index is 0.727. The molecule has 0 aliphatic rings. The Morgan fingerprint density at radius 2 is 2.11 bits per heavy atom. The number of nitrogens with one attached hydrogen (secondary N) is 1. The van der Waals surface area contributed by atoms with Crippen LogP contribution in [-0.2, 0) is 0 Å². The molecule has 1 unspecified atom stereocenters. The van der Waals surface area contributed by atoms with Crippen LogP contribution < -0.4 is 5.32 Å². The van der Waals surface area contributed by atoms with E-state index in [0.29, 0.717) is 0 Å². The molecule has 0 radical (unpaired) electrons.